The predicted molar refractivity (Wildman–Crippen MR) is 134 cm³/mol. The molecule has 0 saturated heterocycles. The highest BCUT2D eigenvalue weighted by atomic mass is 16.6. The smallest absolute Gasteiger partial charge is 0.410 e. The van der Waals surface area contributed by atoms with Gasteiger partial charge in [-0.3, -0.25) is 15.6 Å². The molecule has 35 heavy (non-hydrogen) atoms. The fraction of sp³-hybridized carbons (Fsp3) is 0.423. The number of fused-ring (bicyclic) bond motifs is 1. The first-order chi connectivity index (χ1) is 16.9. The van der Waals surface area contributed by atoms with E-state index in [9.17, 15) is 9.59 Å². The number of amides is 2. The molecule has 1 aliphatic carbocycles. The SMILES string of the molecule is CC(C)N(C=N)C(=N)c1cccc(NC(=O)c2ccc3c(c2)CN(C(=O)OC2CCCC2)CC3)n1. The van der Waals surface area contributed by atoms with Crippen molar-refractivity contribution in [1.82, 2.24) is 14.8 Å². The number of rotatable bonds is 6. The second-order valence-electron chi connectivity index (χ2n) is 9.29. The fourth-order valence-corrected chi connectivity index (χ4v) is 4.51. The van der Waals surface area contributed by atoms with Gasteiger partial charge in [0.25, 0.3) is 5.91 Å². The van der Waals surface area contributed by atoms with E-state index in [-0.39, 0.29) is 30.0 Å². The van der Waals surface area contributed by atoms with Crippen molar-refractivity contribution in [2.24, 2.45) is 0 Å². The highest BCUT2D eigenvalue weighted by Crippen LogP contribution is 2.25. The number of amidine groups is 1. The number of anilines is 1. The highest BCUT2D eigenvalue weighted by Gasteiger charge is 2.26. The predicted octanol–water partition coefficient (Wildman–Crippen LogP) is 4.41. The summed E-state index contributed by atoms with van der Waals surface area (Å²) in [5.41, 5.74) is 2.90. The topological polar surface area (TPSA) is 122 Å². The maximum Gasteiger partial charge on any atom is 0.410 e. The van der Waals surface area contributed by atoms with Crippen LogP contribution in [0.2, 0.25) is 0 Å². The number of pyridine rings is 1. The van der Waals surface area contributed by atoms with E-state index in [0.717, 1.165) is 49.6 Å². The largest absolute Gasteiger partial charge is 0.446 e. The molecule has 1 saturated carbocycles. The fourth-order valence-electron chi connectivity index (χ4n) is 4.51. The molecule has 0 unspecified atom stereocenters. The van der Waals surface area contributed by atoms with Gasteiger partial charge in [0.05, 0.1) is 6.34 Å². The Morgan fingerprint density at radius 3 is 2.69 bits per heavy atom. The summed E-state index contributed by atoms with van der Waals surface area (Å²) in [6, 6.07) is 10.5. The van der Waals surface area contributed by atoms with Crippen LogP contribution in [0.5, 0.6) is 0 Å². The van der Waals surface area contributed by atoms with Gasteiger partial charge in [0.2, 0.25) is 0 Å². The summed E-state index contributed by atoms with van der Waals surface area (Å²) < 4.78 is 5.66. The van der Waals surface area contributed by atoms with E-state index in [4.69, 9.17) is 15.6 Å². The average molecular weight is 477 g/mol. The molecular weight excluding hydrogens is 444 g/mol. The van der Waals surface area contributed by atoms with Crippen LogP contribution in [-0.2, 0) is 17.7 Å². The van der Waals surface area contributed by atoms with Gasteiger partial charge in [0.15, 0.2) is 5.84 Å². The molecule has 0 spiro atoms. The number of hydrogen-bond donors (Lipinski definition) is 3. The number of hydrogen-bond acceptors (Lipinski definition) is 6. The molecule has 9 nitrogen and oxygen atoms in total. The monoisotopic (exact) mass is 476 g/mol. The summed E-state index contributed by atoms with van der Waals surface area (Å²) in [6.45, 7) is 4.80. The van der Waals surface area contributed by atoms with Crippen LogP contribution in [0.4, 0.5) is 10.6 Å². The van der Waals surface area contributed by atoms with Crippen LogP contribution in [0.25, 0.3) is 0 Å². The summed E-state index contributed by atoms with van der Waals surface area (Å²) in [7, 11) is 0. The zero-order valence-corrected chi connectivity index (χ0v) is 20.2. The van der Waals surface area contributed by atoms with E-state index in [2.05, 4.69) is 10.3 Å². The summed E-state index contributed by atoms with van der Waals surface area (Å²) in [5, 5.41) is 18.7. The Hall–Kier alpha value is -3.75. The second kappa shape index (κ2) is 10.7. The molecule has 4 rings (SSSR count). The molecule has 1 aromatic carbocycles. The van der Waals surface area contributed by atoms with Crippen molar-refractivity contribution in [1.29, 1.82) is 10.8 Å². The zero-order valence-electron chi connectivity index (χ0n) is 20.2. The third-order valence-corrected chi connectivity index (χ3v) is 6.50. The van der Waals surface area contributed by atoms with E-state index in [1.54, 1.807) is 29.2 Å². The summed E-state index contributed by atoms with van der Waals surface area (Å²) in [4.78, 5) is 33.2. The molecule has 2 aromatic rings. The minimum atomic E-state index is -0.317. The van der Waals surface area contributed by atoms with E-state index in [1.165, 1.54) is 4.90 Å². The lowest BCUT2D eigenvalue weighted by molar-refractivity contribution is 0.0618. The van der Waals surface area contributed by atoms with Crippen LogP contribution in [0.1, 0.15) is 66.7 Å². The Kier molecular flexibility index (Phi) is 7.43. The van der Waals surface area contributed by atoms with Gasteiger partial charge in [0.1, 0.15) is 17.6 Å². The van der Waals surface area contributed by atoms with Gasteiger partial charge in [-0.25, -0.2) is 9.78 Å². The molecule has 9 heteroatoms. The average Bonchev–Trinajstić information content (AvgIpc) is 3.36. The lowest BCUT2D eigenvalue weighted by Gasteiger charge is -2.29. The van der Waals surface area contributed by atoms with Crippen LogP contribution >= 0.6 is 0 Å². The molecule has 1 aliphatic heterocycles. The van der Waals surface area contributed by atoms with E-state index < -0.39 is 0 Å². The molecule has 3 N–H and O–H groups in total. The maximum atomic E-state index is 13.0. The first kappa shape index (κ1) is 24.4. The molecule has 0 atom stereocenters. The molecule has 184 valence electrons. The first-order valence-corrected chi connectivity index (χ1v) is 12.1. The summed E-state index contributed by atoms with van der Waals surface area (Å²) >= 11 is 0. The van der Waals surface area contributed by atoms with Crippen molar-refractivity contribution >= 4 is 30.0 Å². The number of nitrogens with one attached hydrogen (secondary N) is 3. The molecular formula is C26H32N6O3. The van der Waals surface area contributed by atoms with Crippen LogP contribution in [-0.4, -0.2) is 57.6 Å². The lowest BCUT2D eigenvalue weighted by atomic mass is 9.97. The minimum Gasteiger partial charge on any atom is -0.446 e. The van der Waals surface area contributed by atoms with Crippen LogP contribution in [0, 0.1) is 10.8 Å². The highest BCUT2D eigenvalue weighted by molar-refractivity contribution is 6.05. The number of nitrogens with zero attached hydrogens (tertiary/aromatic N) is 3. The zero-order chi connectivity index (χ0) is 24.9. The van der Waals surface area contributed by atoms with E-state index >= 15 is 0 Å². The van der Waals surface area contributed by atoms with Gasteiger partial charge < -0.3 is 19.9 Å². The van der Waals surface area contributed by atoms with Gasteiger partial charge in [0, 0.05) is 24.7 Å². The Labute approximate surface area is 205 Å². The summed E-state index contributed by atoms with van der Waals surface area (Å²) in [5.74, 6) is 0.0947. The Bertz CT molecular complexity index is 1130. The standard InChI is InChI=1S/C26H32N6O3/c1-17(2)32(16-27)24(28)22-8-5-9-23(29-22)30-25(33)19-11-10-18-12-13-31(15-20(18)14-19)26(34)35-21-6-3-4-7-21/h5,8-11,14,16-17,21,27-28H,3-4,6-7,12-13,15H2,1-2H3,(H,29,30,33). The van der Waals surface area contributed by atoms with Crippen molar-refractivity contribution in [3.63, 3.8) is 0 Å². The Morgan fingerprint density at radius 2 is 1.97 bits per heavy atom. The number of aromatic nitrogens is 1. The van der Waals surface area contributed by atoms with Crippen molar-refractivity contribution in [3.8, 4) is 0 Å². The van der Waals surface area contributed by atoms with Gasteiger partial charge in [-0.2, -0.15) is 0 Å². The van der Waals surface area contributed by atoms with Gasteiger partial charge in [-0.1, -0.05) is 12.1 Å². The van der Waals surface area contributed by atoms with Crippen molar-refractivity contribution in [3.05, 3.63) is 58.8 Å². The van der Waals surface area contributed by atoms with Gasteiger partial charge in [-0.15, -0.1) is 0 Å². The van der Waals surface area contributed by atoms with Crippen LogP contribution in [0.15, 0.2) is 36.4 Å². The number of carbonyl (C=O) groups excluding carboxylic acids is 2. The van der Waals surface area contributed by atoms with E-state index in [0.29, 0.717) is 30.2 Å². The Morgan fingerprint density at radius 1 is 1.20 bits per heavy atom. The van der Waals surface area contributed by atoms with Crippen LogP contribution < -0.4 is 5.32 Å². The molecule has 1 aromatic heterocycles. The number of benzene rings is 1. The van der Waals surface area contributed by atoms with Crippen LogP contribution in [0.3, 0.4) is 0 Å². The molecule has 2 amide bonds. The molecule has 2 heterocycles. The van der Waals surface area contributed by atoms with Crippen molar-refractivity contribution in [2.75, 3.05) is 11.9 Å². The number of ether oxygens (including phenoxy) is 1. The molecule has 1 fully saturated rings. The molecule has 0 radical (unpaired) electrons. The maximum absolute atomic E-state index is 13.0. The molecule has 0 bridgehead atoms. The summed E-state index contributed by atoms with van der Waals surface area (Å²) in [6.07, 6.45) is 5.66. The third kappa shape index (κ3) is 5.67. The lowest BCUT2D eigenvalue weighted by Crippen LogP contribution is -2.38. The third-order valence-electron chi connectivity index (χ3n) is 6.50. The van der Waals surface area contributed by atoms with Crippen molar-refractivity contribution < 1.29 is 14.3 Å². The number of carbonyl (C=O) groups is 2. The normalized spacial score (nSPS) is 15.5. The van der Waals surface area contributed by atoms with Crippen molar-refractivity contribution in [2.45, 2.75) is 64.6 Å². The van der Waals surface area contributed by atoms with Gasteiger partial charge >= 0.3 is 6.09 Å². The van der Waals surface area contributed by atoms with E-state index in [1.807, 2.05) is 26.0 Å². The first-order valence-electron chi connectivity index (χ1n) is 12.1. The quantitative estimate of drug-likeness (QED) is 0.421. The molecule has 2 aliphatic rings. The van der Waals surface area contributed by atoms with Gasteiger partial charge in [-0.05, 0) is 81.3 Å². The minimum absolute atomic E-state index is 0.0253. The second-order valence-corrected chi connectivity index (χ2v) is 9.29. The Balaban J connectivity index is 1.43.